The fourth-order valence-electron chi connectivity index (χ4n) is 3.26. The number of aryl methyl sites for hydroxylation is 1. The summed E-state index contributed by atoms with van der Waals surface area (Å²) in [6, 6.07) is 16.3. The summed E-state index contributed by atoms with van der Waals surface area (Å²) in [5.74, 6) is -0.888. The van der Waals surface area contributed by atoms with Crippen LogP contribution in [0, 0.1) is 12.8 Å². The lowest BCUT2D eigenvalue weighted by atomic mass is 9.97. The third-order valence-electron chi connectivity index (χ3n) is 5.09. The van der Waals surface area contributed by atoms with Gasteiger partial charge in [-0.15, -0.1) is 0 Å². The molecule has 7 heteroatoms. The number of methoxy groups -OCH3 is 1. The van der Waals surface area contributed by atoms with Gasteiger partial charge in [0.1, 0.15) is 12.6 Å². The van der Waals surface area contributed by atoms with E-state index in [-0.39, 0.29) is 37.5 Å². The molecule has 0 aromatic heterocycles. The molecular formula is C23H26N2O5. The number of rotatable bonds is 7. The van der Waals surface area contributed by atoms with Crippen molar-refractivity contribution in [1.29, 1.82) is 0 Å². The van der Waals surface area contributed by atoms with Gasteiger partial charge in [-0.05, 0) is 18.1 Å². The zero-order chi connectivity index (χ0) is 21.5. The van der Waals surface area contributed by atoms with Crippen molar-refractivity contribution in [3.63, 3.8) is 0 Å². The normalized spacial score (nSPS) is 14.4. The van der Waals surface area contributed by atoms with E-state index in [2.05, 4.69) is 5.32 Å². The first kappa shape index (κ1) is 21.4. The summed E-state index contributed by atoms with van der Waals surface area (Å²) in [7, 11) is 1.33. The van der Waals surface area contributed by atoms with Gasteiger partial charge in [-0.3, -0.25) is 9.59 Å². The number of hydrogen-bond acceptors (Lipinski definition) is 5. The molecule has 1 heterocycles. The standard InChI is InChI=1S/C23H26N2O5/c1-16-8-10-17(11-9-16)12-20(21(26)25-13-19(14-25)22(27)29-2)24-23(28)30-15-18-6-4-3-5-7-18/h3-11,19-20H,12-15H2,1-2H3,(H,24,28)/t20-/m0/s1. The van der Waals surface area contributed by atoms with Crippen molar-refractivity contribution in [2.45, 2.75) is 26.0 Å². The van der Waals surface area contributed by atoms with E-state index in [1.807, 2.05) is 61.5 Å². The second-order valence-electron chi connectivity index (χ2n) is 7.41. The van der Waals surface area contributed by atoms with Crippen molar-refractivity contribution in [3.8, 4) is 0 Å². The molecule has 2 aromatic carbocycles. The fraction of sp³-hybridized carbons (Fsp3) is 0.348. The molecule has 0 unspecified atom stereocenters. The van der Waals surface area contributed by atoms with Gasteiger partial charge in [0, 0.05) is 19.5 Å². The summed E-state index contributed by atoms with van der Waals surface area (Å²) < 4.78 is 10.0. The van der Waals surface area contributed by atoms with Crippen LogP contribution in [0.3, 0.4) is 0 Å². The molecule has 2 amide bonds. The number of benzene rings is 2. The Balaban J connectivity index is 1.62. The Kier molecular flexibility index (Phi) is 7.06. The van der Waals surface area contributed by atoms with Crippen LogP contribution in [-0.4, -0.2) is 49.1 Å². The molecular weight excluding hydrogens is 384 g/mol. The zero-order valence-electron chi connectivity index (χ0n) is 17.2. The summed E-state index contributed by atoms with van der Waals surface area (Å²) >= 11 is 0. The van der Waals surface area contributed by atoms with Crippen LogP contribution in [0.5, 0.6) is 0 Å². The van der Waals surface area contributed by atoms with Crippen LogP contribution in [0.2, 0.25) is 0 Å². The SMILES string of the molecule is COC(=O)C1CN(C(=O)[C@H](Cc2ccc(C)cc2)NC(=O)OCc2ccccc2)C1. The first-order valence-electron chi connectivity index (χ1n) is 9.85. The monoisotopic (exact) mass is 410 g/mol. The molecule has 7 nitrogen and oxygen atoms in total. The molecule has 0 aliphatic carbocycles. The van der Waals surface area contributed by atoms with Gasteiger partial charge in [0.2, 0.25) is 5.91 Å². The highest BCUT2D eigenvalue weighted by Gasteiger charge is 2.39. The van der Waals surface area contributed by atoms with Gasteiger partial charge in [-0.25, -0.2) is 4.79 Å². The second-order valence-corrected chi connectivity index (χ2v) is 7.41. The van der Waals surface area contributed by atoms with Crippen molar-refractivity contribution >= 4 is 18.0 Å². The number of alkyl carbamates (subject to hydrolysis) is 1. The van der Waals surface area contributed by atoms with E-state index in [1.165, 1.54) is 7.11 Å². The van der Waals surface area contributed by atoms with Crippen LogP contribution in [0.25, 0.3) is 0 Å². The molecule has 2 aromatic rings. The Morgan fingerprint density at radius 2 is 1.70 bits per heavy atom. The summed E-state index contributed by atoms with van der Waals surface area (Å²) in [6.07, 6.45) is -0.326. The summed E-state index contributed by atoms with van der Waals surface area (Å²) in [4.78, 5) is 38.5. The zero-order valence-corrected chi connectivity index (χ0v) is 17.2. The Morgan fingerprint density at radius 3 is 2.33 bits per heavy atom. The molecule has 0 spiro atoms. The molecule has 1 aliphatic rings. The molecule has 3 rings (SSSR count). The molecule has 1 saturated heterocycles. The van der Waals surface area contributed by atoms with Crippen molar-refractivity contribution in [2.24, 2.45) is 5.92 Å². The van der Waals surface area contributed by atoms with Gasteiger partial charge >= 0.3 is 12.1 Å². The predicted octanol–water partition coefficient (Wildman–Crippen LogP) is 2.46. The first-order chi connectivity index (χ1) is 14.5. The number of nitrogens with one attached hydrogen (secondary N) is 1. The van der Waals surface area contributed by atoms with Crippen LogP contribution >= 0.6 is 0 Å². The highest BCUT2D eigenvalue weighted by molar-refractivity contribution is 5.88. The number of likely N-dealkylation sites (tertiary alicyclic amines) is 1. The average Bonchev–Trinajstić information content (AvgIpc) is 2.72. The Hall–Kier alpha value is -3.35. The summed E-state index contributed by atoms with van der Waals surface area (Å²) in [5, 5.41) is 2.69. The van der Waals surface area contributed by atoms with Crippen molar-refractivity contribution in [3.05, 3.63) is 71.3 Å². The Labute approximate surface area is 176 Å². The summed E-state index contributed by atoms with van der Waals surface area (Å²) in [5.41, 5.74) is 2.89. The van der Waals surface area contributed by atoms with E-state index in [0.717, 1.165) is 16.7 Å². The van der Waals surface area contributed by atoms with Crippen LogP contribution in [-0.2, 0) is 32.1 Å². The largest absolute Gasteiger partial charge is 0.469 e. The maximum Gasteiger partial charge on any atom is 0.408 e. The minimum absolute atomic E-state index is 0.117. The topological polar surface area (TPSA) is 84.9 Å². The van der Waals surface area contributed by atoms with Crippen LogP contribution in [0.4, 0.5) is 4.79 Å². The lowest BCUT2D eigenvalue weighted by Crippen LogP contribution is -2.59. The highest BCUT2D eigenvalue weighted by Crippen LogP contribution is 2.19. The third-order valence-corrected chi connectivity index (χ3v) is 5.09. The maximum absolute atomic E-state index is 13.0. The molecule has 0 radical (unpaired) electrons. The Bertz CT molecular complexity index is 876. The number of ether oxygens (including phenoxy) is 2. The Morgan fingerprint density at radius 1 is 1.03 bits per heavy atom. The minimum atomic E-state index is -0.783. The number of nitrogens with zero attached hydrogens (tertiary/aromatic N) is 1. The lowest BCUT2D eigenvalue weighted by molar-refractivity contribution is -0.156. The van der Waals surface area contributed by atoms with E-state index in [4.69, 9.17) is 9.47 Å². The van der Waals surface area contributed by atoms with Gasteiger partial charge in [-0.2, -0.15) is 0 Å². The van der Waals surface area contributed by atoms with E-state index < -0.39 is 12.1 Å². The van der Waals surface area contributed by atoms with Crippen LogP contribution < -0.4 is 5.32 Å². The minimum Gasteiger partial charge on any atom is -0.469 e. The predicted molar refractivity (Wildman–Crippen MR) is 111 cm³/mol. The molecule has 158 valence electrons. The van der Waals surface area contributed by atoms with Crippen molar-refractivity contribution in [2.75, 3.05) is 20.2 Å². The van der Waals surface area contributed by atoms with E-state index >= 15 is 0 Å². The van der Waals surface area contributed by atoms with Crippen LogP contribution in [0.1, 0.15) is 16.7 Å². The molecule has 30 heavy (non-hydrogen) atoms. The molecule has 1 fully saturated rings. The first-order valence-corrected chi connectivity index (χ1v) is 9.85. The van der Waals surface area contributed by atoms with Gasteiger partial charge in [0.25, 0.3) is 0 Å². The average molecular weight is 410 g/mol. The molecule has 1 N–H and O–H groups in total. The fourth-order valence-corrected chi connectivity index (χ4v) is 3.26. The molecule has 0 saturated carbocycles. The quantitative estimate of drug-likeness (QED) is 0.709. The van der Waals surface area contributed by atoms with Crippen LogP contribution in [0.15, 0.2) is 54.6 Å². The van der Waals surface area contributed by atoms with E-state index in [0.29, 0.717) is 6.42 Å². The number of amides is 2. The number of carbonyl (C=O) groups is 3. The van der Waals surface area contributed by atoms with Crippen molar-refractivity contribution < 1.29 is 23.9 Å². The lowest BCUT2D eigenvalue weighted by Gasteiger charge is -2.39. The maximum atomic E-state index is 13.0. The van der Waals surface area contributed by atoms with Gasteiger partial charge in [0.15, 0.2) is 0 Å². The smallest absolute Gasteiger partial charge is 0.408 e. The van der Waals surface area contributed by atoms with E-state index in [1.54, 1.807) is 4.90 Å². The highest BCUT2D eigenvalue weighted by atomic mass is 16.5. The van der Waals surface area contributed by atoms with Gasteiger partial charge < -0.3 is 19.7 Å². The van der Waals surface area contributed by atoms with Gasteiger partial charge in [0.05, 0.1) is 13.0 Å². The number of esters is 1. The summed E-state index contributed by atoms with van der Waals surface area (Å²) in [6.45, 7) is 2.68. The van der Waals surface area contributed by atoms with Gasteiger partial charge in [-0.1, -0.05) is 60.2 Å². The second kappa shape index (κ2) is 9.91. The number of hydrogen-bond donors (Lipinski definition) is 1. The molecule has 1 aliphatic heterocycles. The molecule has 1 atom stereocenters. The molecule has 0 bridgehead atoms. The number of carbonyl (C=O) groups excluding carboxylic acids is 3. The van der Waals surface area contributed by atoms with E-state index in [9.17, 15) is 14.4 Å². The third kappa shape index (κ3) is 5.59. The van der Waals surface area contributed by atoms with Crippen molar-refractivity contribution in [1.82, 2.24) is 10.2 Å².